The van der Waals surface area contributed by atoms with E-state index in [1.54, 1.807) is 4.90 Å². The van der Waals surface area contributed by atoms with Gasteiger partial charge >= 0.3 is 0 Å². The van der Waals surface area contributed by atoms with Crippen LogP contribution in [0, 0.1) is 0 Å². The Kier molecular flexibility index (Phi) is 4.27. The van der Waals surface area contributed by atoms with Gasteiger partial charge in [0.2, 0.25) is 5.91 Å². The van der Waals surface area contributed by atoms with E-state index in [1.807, 2.05) is 0 Å². The molecule has 0 spiro atoms. The molecule has 0 bridgehead atoms. The van der Waals surface area contributed by atoms with Crippen molar-refractivity contribution in [2.45, 2.75) is 42.6 Å². The average molecular weight is 275 g/mol. The number of likely N-dealkylation sites (tertiary alicyclic amines) is 1. The van der Waals surface area contributed by atoms with E-state index >= 15 is 0 Å². The zero-order valence-corrected chi connectivity index (χ0v) is 11.6. The van der Waals surface area contributed by atoms with E-state index in [2.05, 4.69) is 0 Å². The second-order valence-electron chi connectivity index (χ2n) is 5.20. The third kappa shape index (κ3) is 2.69. The predicted octanol–water partition coefficient (Wildman–Crippen LogP) is 0.591. The fraction of sp³-hybridized carbons (Fsp3) is 0.917. The SMILES string of the molecule is COCC(=O)N1CC(S(=O)(=O)C2CCCCC2)C1. The van der Waals surface area contributed by atoms with E-state index in [4.69, 9.17) is 4.74 Å². The molecule has 0 atom stereocenters. The molecular weight excluding hydrogens is 254 g/mol. The fourth-order valence-corrected chi connectivity index (χ4v) is 5.04. The predicted molar refractivity (Wildman–Crippen MR) is 68.0 cm³/mol. The summed E-state index contributed by atoms with van der Waals surface area (Å²) in [7, 11) is -1.58. The van der Waals surface area contributed by atoms with Crippen molar-refractivity contribution in [3.05, 3.63) is 0 Å². The van der Waals surface area contributed by atoms with Gasteiger partial charge in [0, 0.05) is 20.2 Å². The van der Waals surface area contributed by atoms with Crippen molar-refractivity contribution in [1.82, 2.24) is 4.90 Å². The minimum atomic E-state index is -3.04. The van der Waals surface area contributed by atoms with Crippen LogP contribution in [0.3, 0.4) is 0 Å². The first-order valence-corrected chi connectivity index (χ1v) is 8.16. The summed E-state index contributed by atoms with van der Waals surface area (Å²) in [5.41, 5.74) is 0. The molecule has 1 aliphatic heterocycles. The first kappa shape index (κ1) is 13.8. The Bertz CT molecular complexity index is 394. The quantitative estimate of drug-likeness (QED) is 0.753. The van der Waals surface area contributed by atoms with Gasteiger partial charge in [0.15, 0.2) is 9.84 Å². The molecule has 0 aromatic heterocycles. The second-order valence-corrected chi connectivity index (χ2v) is 7.71. The van der Waals surface area contributed by atoms with Gasteiger partial charge in [0.1, 0.15) is 6.61 Å². The van der Waals surface area contributed by atoms with Gasteiger partial charge in [-0.3, -0.25) is 4.79 Å². The third-order valence-electron chi connectivity index (χ3n) is 3.95. The van der Waals surface area contributed by atoms with Gasteiger partial charge in [0.05, 0.1) is 10.5 Å². The highest BCUT2D eigenvalue weighted by molar-refractivity contribution is 7.92. The molecule has 2 rings (SSSR count). The van der Waals surface area contributed by atoms with Crippen molar-refractivity contribution in [1.29, 1.82) is 0 Å². The zero-order chi connectivity index (χ0) is 13.2. The molecule has 0 aromatic rings. The number of hydrogen-bond donors (Lipinski definition) is 0. The van der Waals surface area contributed by atoms with Crippen LogP contribution in [0.2, 0.25) is 0 Å². The van der Waals surface area contributed by atoms with Crippen LogP contribution in [0.1, 0.15) is 32.1 Å². The summed E-state index contributed by atoms with van der Waals surface area (Å²) >= 11 is 0. The van der Waals surface area contributed by atoms with Crippen LogP contribution in [0.15, 0.2) is 0 Å². The molecule has 5 nitrogen and oxygen atoms in total. The Labute approximate surface area is 108 Å². The molecule has 104 valence electrons. The molecule has 0 N–H and O–H groups in total. The molecule has 0 radical (unpaired) electrons. The molecule has 0 unspecified atom stereocenters. The maximum Gasteiger partial charge on any atom is 0.248 e. The fourth-order valence-electron chi connectivity index (χ4n) is 2.73. The van der Waals surface area contributed by atoms with Crippen molar-refractivity contribution in [3.63, 3.8) is 0 Å². The molecule has 0 aromatic carbocycles. The summed E-state index contributed by atoms with van der Waals surface area (Å²) in [6.07, 6.45) is 4.77. The lowest BCUT2D eigenvalue weighted by atomic mass is 10.0. The molecular formula is C12H21NO4S. The van der Waals surface area contributed by atoms with Crippen LogP contribution < -0.4 is 0 Å². The summed E-state index contributed by atoms with van der Waals surface area (Å²) < 4.78 is 29.4. The minimum Gasteiger partial charge on any atom is -0.375 e. The monoisotopic (exact) mass is 275 g/mol. The number of rotatable bonds is 4. The van der Waals surface area contributed by atoms with Crippen LogP contribution in [0.4, 0.5) is 0 Å². The summed E-state index contributed by atoms with van der Waals surface area (Å²) in [6, 6.07) is 0. The van der Waals surface area contributed by atoms with Crippen LogP contribution in [-0.2, 0) is 19.4 Å². The summed E-state index contributed by atoms with van der Waals surface area (Å²) in [5, 5.41) is -0.516. The van der Waals surface area contributed by atoms with Crippen LogP contribution >= 0.6 is 0 Å². The largest absolute Gasteiger partial charge is 0.375 e. The molecule has 2 aliphatic rings. The molecule has 18 heavy (non-hydrogen) atoms. The maximum absolute atomic E-state index is 12.3. The Morgan fingerprint density at radius 1 is 1.17 bits per heavy atom. The number of carbonyl (C=O) groups is 1. The smallest absolute Gasteiger partial charge is 0.248 e. The second kappa shape index (κ2) is 5.57. The highest BCUT2D eigenvalue weighted by Gasteiger charge is 2.43. The molecule has 1 amide bonds. The number of sulfone groups is 1. The molecule has 1 saturated heterocycles. The number of hydrogen-bond acceptors (Lipinski definition) is 4. The van der Waals surface area contributed by atoms with Gasteiger partial charge in [0.25, 0.3) is 0 Å². The van der Waals surface area contributed by atoms with Gasteiger partial charge in [-0.2, -0.15) is 0 Å². The van der Waals surface area contributed by atoms with E-state index < -0.39 is 9.84 Å². The lowest BCUT2D eigenvalue weighted by Gasteiger charge is -2.40. The maximum atomic E-state index is 12.3. The van der Waals surface area contributed by atoms with E-state index in [1.165, 1.54) is 7.11 Å². The Morgan fingerprint density at radius 2 is 1.78 bits per heavy atom. The lowest BCUT2D eigenvalue weighted by Crippen LogP contribution is -2.59. The summed E-state index contributed by atoms with van der Waals surface area (Å²) in [4.78, 5) is 13.0. The number of nitrogens with zero attached hydrogens (tertiary/aromatic N) is 1. The van der Waals surface area contributed by atoms with E-state index in [0.29, 0.717) is 13.1 Å². The molecule has 1 heterocycles. The first-order valence-electron chi connectivity index (χ1n) is 6.55. The van der Waals surface area contributed by atoms with E-state index in [0.717, 1.165) is 32.1 Å². The van der Waals surface area contributed by atoms with Gasteiger partial charge in [-0.15, -0.1) is 0 Å². The zero-order valence-electron chi connectivity index (χ0n) is 10.8. The van der Waals surface area contributed by atoms with Crippen molar-refractivity contribution in [3.8, 4) is 0 Å². The number of methoxy groups -OCH3 is 1. The van der Waals surface area contributed by atoms with Gasteiger partial charge in [-0.05, 0) is 12.8 Å². The lowest BCUT2D eigenvalue weighted by molar-refractivity contribution is -0.138. The molecule has 1 aliphatic carbocycles. The molecule has 1 saturated carbocycles. The van der Waals surface area contributed by atoms with Crippen molar-refractivity contribution < 1.29 is 17.9 Å². The Morgan fingerprint density at radius 3 is 2.33 bits per heavy atom. The number of carbonyl (C=O) groups excluding carboxylic acids is 1. The van der Waals surface area contributed by atoms with Crippen molar-refractivity contribution >= 4 is 15.7 Å². The van der Waals surface area contributed by atoms with Crippen molar-refractivity contribution in [2.75, 3.05) is 26.8 Å². The first-order chi connectivity index (χ1) is 8.55. The highest BCUT2D eigenvalue weighted by Crippen LogP contribution is 2.29. The summed E-state index contributed by atoms with van der Waals surface area (Å²) in [6.45, 7) is 0.734. The van der Waals surface area contributed by atoms with Gasteiger partial charge in [-0.25, -0.2) is 8.42 Å². The number of ether oxygens (including phenoxy) is 1. The standard InChI is InChI=1S/C12H21NO4S/c1-17-9-12(14)13-7-11(8-13)18(15,16)10-5-3-2-4-6-10/h10-11H,2-9H2,1H3. The highest BCUT2D eigenvalue weighted by atomic mass is 32.2. The van der Waals surface area contributed by atoms with Crippen LogP contribution in [-0.4, -0.2) is 56.5 Å². The third-order valence-corrected chi connectivity index (χ3v) is 6.58. The van der Waals surface area contributed by atoms with Crippen LogP contribution in [0.25, 0.3) is 0 Å². The normalized spacial score (nSPS) is 22.8. The number of amides is 1. The van der Waals surface area contributed by atoms with Crippen LogP contribution in [0.5, 0.6) is 0 Å². The molecule has 2 fully saturated rings. The van der Waals surface area contributed by atoms with Gasteiger partial charge < -0.3 is 9.64 Å². The topological polar surface area (TPSA) is 63.7 Å². The molecule has 6 heteroatoms. The van der Waals surface area contributed by atoms with E-state index in [9.17, 15) is 13.2 Å². The van der Waals surface area contributed by atoms with Gasteiger partial charge in [-0.1, -0.05) is 19.3 Å². The Balaban J connectivity index is 1.88. The Hall–Kier alpha value is -0.620. The minimum absolute atomic E-state index is 0.0379. The van der Waals surface area contributed by atoms with Crippen molar-refractivity contribution in [2.24, 2.45) is 0 Å². The van der Waals surface area contributed by atoms with E-state index in [-0.39, 0.29) is 23.0 Å². The average Bonchev–Trinajstić information content (AvgIpc) is 2.28. The summed E-state index contributed by atoms with van der Waals surface area (Å²) in [5.74, 6) is -0.118.